The number of methoxy groups -OCH3 is 1. The minimum absolute atomic E-state index is 0.155. The Hall–Kier alpha value is -1.35. The molecule has 74 valence electrons. The molecule has 3 heteroatoms. The van der Waals surface area contributed by atoms with Crippen molar-refractivity contribution in [3.8, 4) is 5.75 Å². The molecule has 1 aromatic carbocycles. The zero-order chi connectivity index (χ0) is 9.97. The molecule has 3 nitrogen and oxygen atoms in total. The first kappa shape index (κ1) is 9.21. The predicted octanol–water partition coefficient (Wildman–Crippen LogP) is 1.10. The van der Waals surface area contributed by atoms with Crippen LogP contribution in [0.1, 0.15) is 10.4 Å². The third-order valence-corrected chi connectivity index (χ3v) is 2.51. The Morgan fingerprint density at radius 3 is 2.86 bits per heavy atom. The maximum atomic E-state index is 11.8. The maximum absolute atomic E-state index is 11.8. The van der Waals surface area contributed by atoms with Crippen LogP contribution in [-0.2, 0) is 0 Å². The molecule has 1 heterocycles. The van der Waals surface area contributed by atoms with E-state index in [1.807, 2.05) is 18.2 Å². The third-order valence-electron chi connectivity index (χ3n) is 2.51. The molecular formula is C11H13NO2. The molecule has 2 rings (SSSR count). The zero-order valence-corrected chi connectivity index (χ0v) is 8.12. The summed E-state index contributed by atoms with van der Waals surface area (Å²) in [7, 11) is 1.61. The fraction of sp³-hybridized carbons (Fsp3) is 0.364. The molecule has 1 aliphatic rings. The third kappa shape index (κ3) is 1.63. The lowest BCUT2D eigenvalue weighted by atomic mass is 9.93. The number of ether oxygens (including phenoxy) is 1. The Labute approximate surface area is 83.1 Å². The lowest BCUT2D eigenvalue weighted by Gasteiger charge is -2.25. The average molecular weight is 191 g/mol. The summed E-state index contributed by atoms with van der Waals surface area (Å²) in [5.74, 6) is 1.10. The van der Waals surface area contributed by atoms with Crippen molar-refractivity contribution in [1.29, 1.82) is 0 Å². The first-order valence-electron chi connectivity index (χ1n) is 4.70. The summed E-state index contributed by atoms with van der Waals surface area (Å²) >= 11 is 0. The quantitative estimate of drug-likeness (QED) is 0.727. The minimum Gasteiger partial charge on any atom is -0.497 e. The normalized spacial score (nSPS) is 16.1. The van der Waals surface area contributed by atoms with Crippen molar-refractivity contribution in [3.63, 3.8) is 0 Å². The van der Waals surface area contributed by atoms with E-state index in [2.05, 4.69) is 5.32 Å². The van der Waals surface area contributed by atoms with Gasteiger partial charge in [-0.05, 0) is 12.1 Å². The Morgan fingerprint density at radius 2 is 2.29 bits per heavy atom. The first-order chi connectivity index (χ1) is 6.81. The van der Waals surface area contributed by atoms with Gasteiger partial charge in [-0.25, -0.2) is 0 Å². The second-order valence-corrected chi connectivity index (χ2v) is 3.45. The highest BCUT2D eigenvalue weighted by atomic mass is 16.5. The summed E-state index contributed by atoms with van der Waals surface area (Å²) in [6.07, 6.45) is 0. The van der Waals surface area contributed by atoms with E-state index in [4.69, 9.17) is 4.74 Å². The topological polar surface area (TPSA) is 38.3 Å². The number of Topliss-reactive ketones (excluding diaryl/α,β-unsaturated/α-hetero) is 1. The number of rotatable bonds is 3. The van der Waals surface area contributed by atoms with Crippen LogP contribution in [-0.4, -0.2) is 26.0 Å². The Kier molecular flexibility index (Phi) is 2.50. The molecule has 1 saturated heterocycles. The van der Waals surface area contributed by atoms with E-state index in [0.29, 0.717) is 0 Å². The van der Waals surface area contributed by atoms with Crippen molar-refractivity contribution < 1.29 is 9.53 Å². The SMILES string of the molecule is COc1cccc(C(=O)C2CNC2)c1. The number of nitrogens with one attached hydrogen (secondary N) is 1. The second-order valence-electron chi connectivity index (χ2n) is 3.45. The van der Waals surface area contributed by atoms with Crippen LogP contribution in [0.5, 0.6) is 5.75 Å². The highest BCUT2D eigenvalue weighted by Gasteiger charge is 2.25. The summed E-state index contributed by atoms with van der Waals surface area (Å²) in [4.78, 5) is 11.8. The van der Waals surface area contributed by atoms with Crippen molar-refractivity contribution in [2.45, 2.75) is 0 Å². The van der Waals surface area contributed by atoms with Gasteiger partial charge in [-0.1, -0.05) is 12.1 Å². The molecular weight excluding hydrogens is 178 g/mol. The van der Waals surface area contributed by atoms with Crippen LogP contribution < -0.4 is 10.1 Å². The van der Waals surface area contributed by atoms with Crippen LogP contribution in [0.2, 0.25) is 0 Å². The van der Waals surface area contributed by atoms with Gasteiger partial charge >= 0.3 is 0 Å². The van der Waals surface area contributed by atoms with Gasteiger partial charge in [0.1, 0.15) is 5.75 Å². The molecule has 0 unspecified atom stereocenters. The van der Waals surface area contributed by atoms with Gasteiger partial charge in [0.15, 0.2) is 5.78 Å². The Balaban J connectivity index is 2.18. The summed E-state index contributed by atoms with van der Waals surface area (Å²) in [5.41, 5.74) is 0.746. The first-order valence-corrected chi connectivity index (χ1v) is 4.70. The van der Waals surface area contributed by atoms with Crippen molar-refractivity contribution in [2.75, 3.05) is 20.2 Å². The summed E-state index contributed by atoms with van der Waals surface area (Å²) in [6, 6.07) is 7.32. The van der Waals surface area contributed by atoms with Crippen LogP contribution in [0.15, 0.2) is 24.3 Å². The molecule has 14 heavy (non-hydrogen) atoms. The van der Waals surface area contributed by atoms with E-state index in [1.54, 1.807) is 13.2 Å². The van der Waals surface area contributed by atoms with Gasteiger partial charge in [0.2, 0.25) is 0 Å². The van der Waals surface area contributed by atoms with Gasteiger partial charge < -0.3 is 10.1 Å². The van der Waals surface area contributed by atoms with E-state index >= 15 is 0 Å². The van der Waals surface area contributed by atoms with E-state index < -0.39 is 0 Å². The van der Waals surface area contributed by atoms with Gasteiger partial charge in [-0.3, -0.25) is 4.79 Å². The molecule has 0 bridgehead atoms. The molecule has 0 spiro atoms. The van der Waals surface area contributed by atoms with Crippen molar-refractivity contribution in [1.82, 2.24) is 5.32 Å². The van der Waals surface area contributed by atoms with E-state index in [1.165, 1.54) is 0 Å². The van der Waals surface area contributed by atoms with Gasteiger partial charge in [-0.15, -0.1) is 0 Å². The second kappa shape index (κ2) is 3.80. The number of ketones is 1. The van der Waals surface area contributed by atoms with Crippen LogP contribution in [0.4, 0.5) is 0 Å². The van der Waals surface area contributed by atoms with Crippen LogP contribution >= 0.6 is 0 Å². The van der Waals surface area contributed by atoms with E-state index in [-0.39, 0.29) is 11.7 Å². The average Bonchev–Trinajstić information content (AvgIpc) is 2.15. The van der Waals surface area contributed by atoms with Crippen LogP contribution in [0.3, 0.4) is 0 Å². The molecule has 0 saturated carbocycles. The number of hydrogen-bond acceptors (Lipinski definition) is 3. The monoisotopic (exact) mass is 191 g/mol. The molecule has 1 aromatic rings. The highest BCUT2D eigenvalue weighted by Crippen LogP contribution is 2.17. The molecule has 0 atom stereocenters. The van der Waals surface area contributed by atoms with Crippen molar-refractivity contribution in [3.05, 3.63) is 29.8 Å². The van der Waals surface area contributed by atoms with Gasteiger partial charge in [0.05, 0.1) is 7.11 Å². The lowest BCUT2D eigenvalue weighted by Crippen LogP contribution is -2.46. The van der Waals surface area contributed by atoms with E-state index in [0.717, 1.165) is 24.4 Å². The van der Waals surface area contributed by atoms with Crippen LogP contribution in [0, 0.1) is 5.92 Å². The Morgan fingerprint density at radius 1 is 1.50 bits per heavy atom. The summed E-state index contributed by atoms with van der Waals surface area (Å²) in [5, 5.41) is 3.09. The number of carbonyl (C=O) groups excluding carboxylic acids is 1. The molecule has 0 aliphatic carbocycles. The number of hydrogen-bond donors (Lipinski definition) is 1. The molecule has 0 aromatic heterocycles. The Bertz CT molecular complexity index is 345. The zero-order valence-electron chi connectivity index (χ0n) is 8.12. The smallest absolute Gasteiger partial charge is 0.168 e. The van der Waals surface area contributed by atoms with E-state index in [9.17, 15) is 4.79 Å². The highest BCUT2D eigenvalue weighted by molar-refractivity contribution is 5.99. The molecule has 1 aliphatic heterocycles. The van der Waals surface area contributed by atoms with Gasteiger partial charge in [0.25, 0.3) is 0 Å². The fourth-order valence-electron chi connectivity index (χ4n) is 1.49. The summed E-state index contributed by atoms with van der Waals surface area (Å²) < 4.78 is 5.07. The van der Waals surface area contributed by atoms with Crippen molar-refractivity contribution in [2.24, 2.45) is 5.92 Å². The number of benzene rings is 1. The van der Waals surface area contributed by atoms with Gasteiger partial charge in [-0.2, -0.15) is 0 Å². The van der Waals surface area contributed by atoms with Crippen molar-refractivity contribution >= 4 is 5.78 Å². The standard InChI is InChI=1S/C11H13NO2/c1-14-10-4-2-3-8(5-10)11(13)9-6-12-7-9/h2-5,9,12H,6-7H2,1H3. The van der Waals surface area contributed by atoms with Gasteiger partial charge in [0, 0.05) is 24.6 Å². The molecule has 1 fully saturated rings. The number of carbonyl (C=O) groups is 1. The predicted molar refractivity (Wildman–Crippen MR) is 53.7 cm³/mol. The summed E-state index contributed by atoms with van der Waals surface area (Å²) in [6.45, 7) is 1.60. The maximum Gasteiger partial charge on any atom is 0.168 e. The largest absolute Gasteiger partial charge is 0.497 e. The molecule has 0 amide bonds. The lowest BCUT2D eigenvalue weighted by molar-refractivity contribution is 0.0878. The fourth-order valence-corrected chi connectivity index (χ4v) is 1.49. The molecule has 0 radical (unpaired) electrons. The minimum atomic E-state index is 0.155. The van der Waals surface area contributed by atoms with Crippen LogP contribution in [0.25, 0.3) is 0 Å². The molecule has 1 N–H and O–H groups in total.